The summed E-state index contributed by atoms with van der Waals surface area (Å²) in [6, 6.07) is 5.78. The molecule has 0 amide bonds. The molecule has 0 aliphatic heterocycles. The van der Waals surface area contributed by atoms with Crippen molar-refractivity contribution in [2.24, 2.45) is 0 Å². The number of rotatable bonds is 0. The van der Waals surface area contributed by atoms with Crippen LogP contribution in [0, 0.1) is 6.20 Å². The Morgan fingerprint density at radius 1 is 1.50 bits per heavy atom. The molecule has 2 heterocycles. The van der Waals surface area contributed by atoms with Crippen molar-refractivity contribution < 1.29 is 18.9 Å². The molecule has 2 aromatic heterocycles. The monoisotopic (exact) mass is 124 g/mol. The molecule has 0 unspecified atom stereocenters. The Kier molecular flexibility index (Phi) is 2.16. The fraction of sp³-hybridized carbons (Fsp3) is 0. The Bertz CT molecular complexity index is 286. The van der Waals surface area contributed by atoms with E-state index >= 15 is 0 Å². The Hall–Kier alpha value is -0.713. The summed E-state index contributed by atoms with van der Waals surface area (Å²) in [6.07, 6.45) is 4.61. The van der Waals surface area contributed by atoms with Crippen LogP contribution in [0.4, 0.5) is 0 Å². The molecule has 0 atom stereocenters. The van der Waals surface area contributed by atoms with Crippen molar-refractivity contribution in [3.8, 4) is 0 Å². The number of pyridine rings is 1. The molecule has 1 N–H and O–H groups in total. The van der Waals surface area contributed by atoms with Gasteiger partial charge in [0.15, 0.2) is 0 Å². The van der Waals surface area contributed by atoms with Crippen molar-refractivity contribution in [2.75, 3.05) is 0 Å². The standard InChI is InChI=1S/C7H5N2.Li/c1-2-6-3-5-9-7(6)8-4-1;/h1-4H,(H,8,9);/q-1;+1. The minimum absolute atomic E-state index is 0. The number of aromatic amines is 1. The van der Waals surface area contributed by atoms with Crippen LogP contribution >= 0.6 is 0 Å². The van der Waals surface area contributed by atoms with Crippen LogP contribution in [0.15, 0.2) is 24.4 Å². The summed E-state index contributed by atoms with van der Waals surface area (Å²) in [6.45, 7) is 0. The third kappa shape index (κ3) is 1.09. The Labute approximate surface area is 70.8 Å². The molecule has 0 saturated carbocycles. The molecule has 10 heavy (non-hydrogen) atoms. The number of hydrogen-bond donors (Lipinski definition) is 1. The minimum Gasteiger partial charge on any atom is -0.463 e. The van der Waals surface area contributed by atoms with Crippen molar-refractivity contribution in [3.63, 3.8) is 0 Å². The van der Waals surface area contributed by atoms with E-state index in [9.17, 15) is 0 Å². The molecule has 2 rings (SSSR count). The van der Waals surface area contributed by atoms with E-state index in [4.69, 9.17) is 0 Å². The molecule has 0 aliphatic carbocycles. The molecular formula is C7H5LiN2. The fourth-order valence-corrected chi connectivity index (χ4v) is 0.821. The van der Waals surface area contributed by atoms with Crippen LogP contribution in [-0.4, -0.2) is 9.97 Å². The zero-order valence-corrected chi connectivity index (χ0v) is 5.76. The summed E-state index contributed by atoms with van der Waals surface area (Å²) >= 11 is 0. The average Bonchev–Trinajstić information content (AvgIpc) is 2.33. The van der Waals surface area contributed by atoms with E-state index in [1.165, 1.54) is 0 Å². The largest absolute Gasteiger partial charge is 1.00 e. The van der Waals surface area contributed by atoms with Gasteiger partial charge < -0.3 is 9.97 Å². The second-order valence-corrected chi connectivity index (χ2v) is 1.85. The summed E-state index contributed by atoms with van der Waals surface area (Å²) in [5.74, 6) is 0. The van der Waals surface area contributed by atoms with Crippen LogP contribution < -0.4 is 18.9 Å². The predicted octanol–water partition coefficient (Wildman–Crippen LogP) is -1.63. The number of fused-ring (bicyclic) bond motifs is 1. The van der Waals surface area contributed by atoms with Crippen molar-refractivity contribution in [2.45, 2.75) is 0 Å². The Balaban J connectivity index is 0.000000500. The van der Waals surface area contributed by atoms with Gasteiger partial charge in [0.25, 0.3) is 0 Å². The van der Waals surface area contributed by atoms with Crippen molar-refractivity contribution >= 4 is 11.0 Å². The minimum atomic E-state index is 0. The van der Waals surface area contributed by atoms with Crippen molar-refractivity contribution in [1.29, 1.82) is 0 Å². The summed E-state index contributed by atoms with van der Waals surface area (Å²) < 4.78 is 0. The molecule has 0 aromatic carbocycles. The predicted molar refractivity (Wildman–Crippen MR) is 34.9 cm³/mol. The van der Waals surface area contributed by atoms with Gasteiger partial charge in [0, 0.05) is 6.20 Å². The third-order valence-electron chi connectivity index (χ3n) is 1.26. The van der Waals surface area contributed by atoms with Gasteiger partial charge in [-0.3, -0.25) is 0 Å². The average molecular weight is 124 g/mol. The first-order valence-electron chi connectivity index (χ1n) is 2.76. The van der Waals surface area contributed by atoms with Gasteiger partial charge in [-0.15, -0.1) is 17.6 Å². The van der Waals surface area contributed by atoms with Gasteiger partial charge in [-0.2, -0.15) is 6.07 Å². The van der Waals surface area contributed by atoms with E-state index in [1.807, 2.05) is 18.2 Å². The van der Waals surface area contributed by atoms with E-state index in [1.54, 1.807) is 6.20 Å². The van der Waals surface area contributed by atoms with Crippen molar-refractivity contribution in [1.82, 2.24) is 9.97 Å². The second-order valence-electron chi connectivity index (χ2n) is 1.85. The number of hydrogen-bond acceptors (Lipinski definition) is 1. The summed E-state index contributed by atoms with van der Waals surface area (Å²) in [5.41, 5.74) is 0.900. The molecule has 3 heteroatoms. The van der Waals surface area contributed by atoms with Gasteiger partial charge in [0.2, 0.25) is 0 Å². The molecule has 2 aromatic rings. The van der Waals surface area contributed by atoms with Gasteiger partial charge >= 0.3 is 18.9 Å². The molecule has 0 radical (unpaired) electrons. The maximum atomic E-state index is 4.05. The first-order chi connectivity index (χ1) is 4.47. The van der Waals surface area contributed by atoms with Crippen LogP contribution in [0.1, 0.15) is 0 Å². The normalized spacial score (nSPS) is 9.20. The maximum Gasteiger partial charge on any atom is 1.00 e. The van der Waals surface area contributed by atoms with Crippen LogP contribution in [0.2, 0.25) is 0 Å². The van der Waals surface area contributed by atoms with Crippen LogP contribution in [0.3, 0.4) is 0 Å². The first-order valence-corrected chi connectivity index (χ1v) is 2.76. The summed E-state index contributed by atoms with van der Waals surface area (Å²) in [5, 5.41) is 1.11. The SMILES string of the molecule is [Li+].[c-]1cc2cccnc2[nH]1. The van der Waals surface area contributed by atoms with Gasteiger partial charge in [0.1, 0.15) is 0 Å². The van der Waals surface area contributed by atoms with Crippen LogP contribution in [-0.2, 0) is 0 Å². The quantitative estimate of drug-likeness (QED) is 0.331. The zero-order valence-electron chi connectivity index (χ0n) is 5.76. The fourth-order valence-electron chi connectivity index (χ4n) is 0.821. The number of H-pyrrole nitrogens is 1. The summed E-state index contributed by atoms with van der Waals surface area (Å²) in [4.78, 5) is 6.94. The van der Waals surface area contributed by atoms with Gasteiger partial charge in [-0.05, 0) is 5.65 Å². The molecule has 0 bridgehead atoms. The first kappa shape index (κ1) is 7.40. The third-order valence-corrected chi connectivity index (χ3v) is 1.26. The Morgan fingerprint density at radius 2 is 2.40 bits per heavy atom. The second kappa shape index (κ2) is 2.92. The van der Waals surface area contributed by atoms with Crippen LogP contribution in [0.25, 0.3) is 11.0 Å². The number of nitrogens with zero attached hydrogens (tertiary/aromatic N) is 1. The Morgan fingerprint density at radius 3 is 3.20 bits per heavy atom. The number of aromatic nitrogens is 2. The molecule has 0 fully saturated rings. The van der Waals surface area contributed by atoms with Gasteiger partial charge in [-0.1, -0.05) is 6.07 Å². The molecule has 0 spiro atoms. The molecule has 0 aliphatic rings. The van der Waals surface area contributed by atoms with Crippen molar-refractivity contribution in [3.05, 3.63) is 30.6 Å². The molecule has 44 valence electrons. The van der Waals surface area contributed by atoms with E-state index in [0.717, 1.165) is 11.0 Å². The van der Waals surface area contributed by atoms with E-state index in [2.05, 4.69) is 16.2 Å². The van der Waals surface area contributed by atoms with Crippen LogP contribution in [0.5, 0.6) is 0 Å². The smallest absolute Gasteiger partial charge is 0.463 e. The van der Waals surface area contributed by atoms with E-state index in [0.29, 0.717) is 0 Å². The van der Waals surface area contributed by atoms with Gasteiger partial charge in [0.05, 0.1) is 0 Å². The van der Waals surface area contributed by atoms with E-state index in [-0.39, 0.29) is 18.9 Å². The molecular weight excluding hydrogens is 119 g/mol. The van der Waals surface area contributed by atoms with Gasteiger partial charge in [-0.25, -0.2) is 0 Å². The molecule has 0 saturated heterocycles. The molecule has 2 nitrogen and oxygen atoms in total. The topological polar surface area (TPSA) is 28.7 Å². The van der Waals surface area contributed by atoms with E-state index < -0.39 is 0 Å². The zero-order chi connectivity index (χ0) is 6.10. The summed E-state index contributed by atoms with van der Waals surface area (Å²) in [7, 11) is 0. The maximum absolute atomic E-state index is 4.05. The number of nitrogens with one attached hydrogen (secondary N) is 1.